The third-order valence-electron chi connectivity index (χ3n) is 5.92. The van der Waals surface area contributed by atoms with Crippen LogP contribution in [0.25, 0.3) is 0 Å². The Kier molecular flexibility index (Phi) is 7.03. The first-order valence-corrected chi connectivity index (χ1v) is 13.8. The molecule has 0 bridgehead atoms. The summed E-state index contributed by atoms with van der Waals surface area (Å²) in [5.74, 6) is -0.575. The summed E-state index contributed by atoms with van der Waals surface area (Å²) in [4.78, 5) is 20.9. The van der Waals surface area contributed by atoms with Gasteiger partial charge in [-0.05, 0) is 41.3 Å². The number of fused-ring (bicyclic) bond motifs is 1. The maximum Gasteiger partial charge on any atom is 0.280 e. The predicted molar refractivity (Wildman–Crippen MR) is 131 cm³/mol. The van der Waals surface area contributed by atoms with Crippen molar-refractivity contribution in [3.05, 3.63) is 80.6 Å². The van der Waals surface area contributed by atoms with Crippen molar-refractivity contribution >= 4 is 27.1 Å². The van der Waals surface area contributed by atoms with Crippen LogP contribution in [0.4, 0.5) is 4.39 Å². The largest absolute Gasteiger partial charge is 0.346 e. The van der Waals surface area contributed by atoms with Gasteiger partial charge in [-0.2, -0.15) is 5.26 Å². The second kappa shape index (κ2) is 9.85. The lowest BCUT2D eigenvalue weighted by molar-refractivity contribution is 0.0949. The Balaban J connectivity index is 1.44. The van der Waals surface area contributed by atoms with E-state index in [9.17, 15) is 17.6 Å². The van der Waals surface area contributed by atoms with E-state index < -0.39 is 15.7 Å². The summed E-state index contributed by atoms with van der Waals surface area (Å²) in [6.07, 6.45) is 1.15. The second-order valence-electron chi connectivity index (χ2n) is 8.95. The van der Waals surface area contributed by atoms with E-state index in [1.54, 1.807) is 18.2 Å². The van der Waals surface area contributed by atoms with E-state index in [1.165, 1.54) is 35.6 Å². The minimum atomic E-state index is -3.27. The lowest BCUT2D eigenvalue weighted by atomic mass is 10.0. The highest BCUT2D eigenvalue weighted by atomic mass is 32.2. The van der Waals surface area contributed by atoms with Crippen molar-refractivity contribution in [3.63, 3.8) is 0 Å². The molecule has 1 N–H and O–H groups in total. The highest BCUT2D eigenvalue weighted by molar-refractivity contribution is 7.90. The Morgan fingerprint density at radius 1 is 1.26 bits per heavy atom. The molecule has 35 heavy (non-hydrogen) atoms. The molecule has 0 aliphatic carbocycles. The molecule has 1 aliphatic rings. The van der Waals surface area contributed by atoms with Crippen molar-refractivity contribution in [1.29, 1.82) is 5.26 Å². The zero-order chi connectivity index (χ0) is 25.3. The van der Waals surface area contributed by atoms with Crippen molar-refractivity contribution in [1.82, 2.24) is 15.2 Å². The number of hydrogen-bond acceptors (Lipinski definition) is 7. The number of halogens is 1. The summed E-state index contributed by atoms with van der Waals surface area (Å²) in [7, 11) is -3.27. The van der Waals surface area contributed by atoms with Crippen molar-refractivity contribution in [2.75, 3.05) is 6.26 Å². The van der Waals surface area contributed by atoms with Crippen LogP contribution >= 0.6 is 11.3 Å². The third-order valence-corrected chi connectivity index (χ3v) is 8.10. The van der Waals surface area contributed by atoms with Crippen molar-refractivity contribution in [2.45, 2.75) is 44.4 Å². The van der Waals surface area contributed by atoms with Gasteiger partial charge in [0.15, 0.2) is 14.8 Å². The lowest BCUT2D eigenvalue weighted by Crippen LogP contribution is -2.27. The first-order chi connectivity index (χ1) is 16.6. The fourth-order valence-corrected chi connectivity index (χ4v) is 5.92. The molecule has 1 amide bonds. The molecule has 4 rings (SSSR count). The average molecular weight is 513 g/mol. The first-order valence-electron chi connectivity index (χ1n) is 11.1. The molecule has 3 aromatic rings. The van der Waals surface area contributed by atoms with Crippen LogP contribution < -0.4 is 5.32 Å². The molecule has 2 heterocycles. The highest BCUT2D eigenvalue weighted by Crippen LogP contribution is 2.41. The average Bonchev–Trinajstić information content (AvgIpc) is 3.34. The van der Waals surface area contributed by atoms with Crippen LogP contribution in [0.3, 0.4) is 0 Å². The lowest BCUT2D eigenvalue weighted by Gasteiger charge is -2.27. The van der Waals surface area contributed by atoms with E-state index in [0.29, 0.717) is 18.1 Å². The number of nitrogens with one attached hydrogen (secondary N) is 1. The number of nitriles is 1. The van der Waals surface area contributed by atoms with E-state index in [4.69, 9.17) is 5.26 Å². The van der Waals surface area contributed by atoms with Gasteiger partial charge in [-0.3, -0.25) is 9.69 Å². The summed E-state index contributed by atoms with van der Waals surface area (Å²) in [6, 6.07) is 12.9. The van der Waals surface area contributed by atoms with Crippen LogP contribution in [-0.4, -0.2) is 30.5 Å². The quantitative estimate of drug-likeness (QED) is 0.509. The Hall–Kier alpha value is -3.13. The molecule has 10 heteroatoms. The van der Waals surface area contributed by atoms with E-state index in [2.05, 4.69) is 29.0 Å². The summed E-state index contributed by atoms with van der Waals surface area (Å²) >= 11 is 1.35. The first kappa shape index (κ1) is 25.0. The Labute approximate surface area is 208 Å². The normalized spacial score (nSPS) is 15.7. The molecule has 0 saturated heterocycles. The SMILES string of the molecule is CC(C)[C@H]1c2nc(C(=O)NCc3ccc(S(C)(=O)=O)cc3)sc2CN1Cc1ccc(C#N)c(F)c1. The molecular formula is C25H25FN4O3S2. The Bertz CT molecular complexity index is 1410. The van der Waals surface area contributed by atoms with Crippen molar-refractivity contribution < 1.29 is 17.6 Å². The molecule has 0 unspecified atom stereocenters. The maximum atomic E-state index is 14.1. The fourth-order valence-electron chi connectivity index (χ4n) is 4.25. The minimum absolute atomic E-state index is 0.00922. The number of benzene rings is 2. The summed E-state index contributed by atoms with van der Waals surface area (Å²) in [6.45, 7) is 5.56. The van der Waals surface area contributed by atoms with Crippen LogP contribution in [0, 0.1) is 23.1 Å². The zero-order valence-electron chi connectivity index (χ0n) is 19.6. The van der Waals surface area contributed by atoms with Gasteiger partial charge in [0, 0.05) is 30.8 Å². The van der Waals surface area contributed by atoms with E-state index in [1.807, 2.05) is 6.07 Å². The van der Waals surface area contributed by atoms with E-state index >= 15 is 0 Å². The number of carbonyl (C=O) groups is 1. The van der Waals surface area contributed by atoms with Gasteiger partial charge in [-0.1, -0.05) is 32.0 Å². The molecule has 0 fully saturated rings. The van der Waals surface area contributed by atoms with Gasteiger partial charge in [0.1, 0.15) is 11.9 Å². The number of nitrogens with zero attached hydrogens (tertiary/aromatic N) is 3. The van der Waals surface area contributed by atoms with Crippen LogP contribution in [-0.2, 0) is 29.5 Å². The molecule has 0 spiro atoms. The standard InChI is InChI=1S/C25H25FN4O3S2/c1-15(2)23-22-21(14-30(23)13-17-4-7-18(11-27)20(26)10-17)34-25(29-22)24(31)28-12-16-5-8-19(9-6-16)35(3,32)33/h4-10,15,23H,12-14H2,1-3H3,(H,28,31)/t23-/m0/s1. The van der Waals surface area contributed by atoms with Crippen LogP contribution in [0.2, 0.25) is 0 Å². The van der Waals surface area contributed by atoms with Crippen LogP contribution in [0.15, 0.2) is 47.4 Å². The second-order valence-corrected chi connectivity index (χ2v) is 12.0. The number of thiazole rings is 1. The molecule has 1 aromatic heterocycles. The van der Waals surface area contributed by atoms with E-state index in [-0.39, 0.29) is 34.9 Å². The van der Waals surface area contributed by atoms with Gasteiger partial charge in [0.25, 0.3) is 5.91 Å². The monoisotopic (exact) mass is 512 g/mol. The van der Waals surface area contributed by atoms with Gasteiger partial charge in [0.2, 0.25) is 0 Å². The third kappa shape index (κ3) is 5.42. The number of amides is 1. The predicted octanol–water partition coefficient (Wildman–Crippen LogP) is 4.20. The molecule has 2 aromatic carbocycles. The molecule has 1 aliphatic heterocycles. The molecular weight excluding hydrogens is 487 g/mol. The van der Waals surface area contributed by atoms with Crippen LogP contribution in [0.5, 0.6) is 0 Å². The summed E-state index contributed by atoms with van der Waals surface area (Å²) in [5.41, 5.74) is 2.47. The Morgan fingerprint density at radius 3 is 2.54 bits per heavy atom. The molecule has 1 atom stereocenters. The topological polar surface area (TPSA) is 103 Å². The fraction of sp³-hybridized carbons (Fsp3) is 0.320. The number of hydrogen-bond donors (Lipinski definition) is 1. The molecule has 0 saturated carbocycles. The maximum absolute atomic E-state index is 14.1. The van der Waals surface area contributed by atoms with Gasteiger partial charge in [0.05, 0.1) is 22.2 Å². The van der Waals surface area contributed by atoms with Gasteiger partial charge >= 0.3 is 0 Å². The van der Waals surface area contributed by atoms with Gasteiger partial charge < -0.3 is 5.32 Å². The van der Waals surface area contributed by atoms with Crippen LogP contribution in [0.1, 0.15) is 57.0 Å². The molecule has 7 nitrogen and oxygen atoms in total. The number of rotatable bonds is 7. The summed E-state index contributed by atoms with van der Waals surface area (Å²) < 4.78 is 37.3. The number of carbonyl (C=O) groups excluding carboxylic acids is 1. The van der Waals surface area contributed by atoms with Crippen molar-refractivity contribution in [3.8, 4) is 6.07 Å². The Morgan fingerprint density at radius 2 is 1.94 bits per heavy atom. The molecule has 182 valence electrons. The smallest absolute Gasteiger partial charge is 0.280 e. The minimum Gasteiger partial charge on any atom is -0.346 e. The number of sulfone groups is 1. The molecule has 0 radical (unpaired) electrons. The van der Waals surface area contributed by atoms with Gasteiger partial charge in [-0.25, -0.2) is 17.8 Å². The summed E-state index contributed by atoms with van der Waals surface area (Å²) in [5, 5.41) is 12.2. The van der Waals surface area contributed by atoms with E-state index in [0.717, 1.165) is 28.0 Å². The number of aromatic nitrogens is 1. The van der Waals surface area contributed by atoms with Crippen molar-refractivity contribution in [2.24, 2.45) is 5.92 Å². The van der Waals surface area contributed by atoms with Gasteiger partial charge in [-0.15, -0.1) is 11.3 Å². The zero-order valence-corrected chi connectivity index (χ0v) is 21.2. The highest BCUT2D eigenvalue weighted by Gasteiger charge is 2.36.